The van der Waals surface area contributed by atoms with E-state index in [0.717, 1.165) is 16.8 Å². The number of anilines is 2. The zero-order valence-corrected chi connectivity index (χ0v) is 17.7. The monoisotopic (exact) mass is 434 g/mol. The van der Waals surface area contributed by atoms with Gasteiger partial charge in [-0.1, -0.05) is 38.1 Å². The molecule has 6 nitrogen and oxygen atoms in total. The Kier molecular flexibility index (Phi) is 5.57. The average Bonchev–Trinajstić information content (AvgIpc) is 2.74. The van der Waals surface area contributed by atoms with E-state index >= 15 is 0 Å². The molecule has 1 atom stereocenters. The highest BCUT2D eigenvalue weighted by atomic mass is 19.1. The van der Waals surface area contributed by atoms with Crippen molar-refractivity contribution in [3.63, 3.8) is 0 Å². The molecule has 3 aromatic rings. The average molecular weight is 434 g/mol. The lowest BCUT2D eigenvalue weighted by molar-refractivity contribution is 0.102. The summed E-state index contributed by atoms with van der Waals surface area (Å²) in [7, 11) is 0. The third-order valence-corrected chi connectivity index (χ3v) is 5.62. The molecule has 0 aromatic heterocycles. The van der Waals surface area contributed by atoms with Crippen LogP contribution in [0.2, 0.25) is 0 Å². The molecular formula is C25H23FN2O4. The Hall–Kier alpha value is -3.87. The smallest absolute Gasteiger partial charge is 0.449 e. The molecule has 1 unspecified atom stereocenters. The van der Waals surface area contributed by atoms with Crippen LogP contribution in [-0.2, 0) is 6.42 Å². The third kappa shape index (κ3) is 4.42. The van der Waals surface area contributed by atoms with Crippen LogP contribution < -0.4 is 15.4 Å². The Balaban J connectivity index is 1.61. The van der Waals surface area contributed by atoms with Crippen LogP contribution in [0.25, 0.3) is 0 Å². The van der Waals surface area contributed by atoms with Gasteiger partial charge in [0.25, 0.3) is 5.91 Å². The van der Waals surface area contributed by atoms with E-state index < -0.39 is 12.0 Å². The predicted molar refractivity (Wildman–Crippen MR) is 120 cm³/mol. The standard InChI is InChI=1S/C25H23FN2O4/c1-25(2)14-17-12-18(32-24(30)31)9-11-20(17)27-22(25)16-8-10-19(26)21(13-16)28-23(29)15-6-4-3-5-7-15/h3-13,22,27H,14H2,1-2H3,(H,28,29)(H,30,31). The van der Waals surface area contributed by atoms with Crippen molar-refractivity contribution in [1.82, 2.24) is 0 Å². The molecule has 0 radical (unpaired) electrons. The largest absolute Gasteiger partial charge is 0.511 e. The predicted octanol–water partition coefficient (Wildman–Crippen LogP) is 5.87. The van der Waals surface area contributed by atoms with Crippen molar-refractivity contribution in [2.75, 3.05) is 10.6 Å². The van der Waals surface area contributed by atoms with E-state index in [2.05, 4.69) is 24.5 Å². The van der Waals surface area contributed by atoms with Gasteiger partial charge < -0.3 is 20.5 Å². The Morgan fingerprint density at radius 2 is 1.84 bits per heavy atom. The molecule has 164 valence electrons. The van der Waals surface area contributed by atoms with Crippen LogP contribution >= 0.6 is 0 Å². The zero-order valence-electron chi connectivity index (χ0n) is 17.7. The number of carbonyl (C=O) groups excluding carboxylic acids is 1. The van der Waals surface area contributed by atoms with Crippen molar-refractivity contribution in [1.29, 1.82) is 0 Å². The van der Waals surface area contributed by atoms with Crippen LogP contribution in [0.5, 0.6) is 5.75 Å². The normalized spacial score (nSPS) is 16.4. The molecule has 3 N–H and O–H groups in total. The van der Waals surface area contributed by atoms with Crippen LogP contribution in [0, 0.1) is 11.2 Å². The molecule has 1 aliphatic rings. The third-order valence-electron chi connectivity index (χ3n) is 5.62. The number of rotatable bonds is 4. The van der Waals surface area contributed by atoms with E-state index in [9.17, 15) is 14.0 Å². The fourth-order valence-electron chi connectivity index (χ4n) is 4.10. The molecule has 1 amide bonds. The van der Waals surface area contributed by atoms with Crippen molar-refractivity contribution in [3.05, 3.63) is 89.2 Å². The second-order valence-electron chi connectivity index (χ2n) is 8.49. The van der Waals surface area contributed by atoms with Gasteiger partial charge in [-0.2, -0.15) is 0 Å². The van der Waals surface area contributed by atoms with Crippen molar-refractivity contribution >= 4 is 23.4 Å². The van der Waals surface area contributed by atoms with E-state index in [1.165, 1.54) is 6.07 Å². The van der Waals surface area contributed by atoms with Gasteiger partial charge in [0.1, 0.15) is 11.6 Å². The number of carboxylic acid groups (broad SMARTS) is 1. The van der Waals surface area contributed by atoms with E-state index in [4.69, 9.17) is 9.84 Å². The summed E-state index contributed by atoms with van der Waals surface area (Å²) in [5, 5.41) is 15.0. The van der Waals surface area contributed by atoms with Crippen molar-refractivity contribution in [2.24, 2.45) is 5.41 Å². The second-order valence-corrected chi connectivity index (χ2v) is 8.49. The van der Waals surface area contributed by atoms with Gasteiger partial charge in [-0.15, -0.1) is 0 Å². The van der Waals surface area contributed by atoms with E-state index in [0.29, 0.717) is 12.0 Å². The number of halogens is 1. The van der Waals surface area contributed by atoms with Gasteiger partial charge in [-0.25, -0.2) is 9.18 Å². The highest BCUT2D eigenvalue weighted by Crippen LogP contribution is 2.46. The Morgan fingerprint density at radius 3 is 2.56 bits per heavy atom. The van der Waals surface area contributed by atoms with Crippen LogP contribution in [0.1, 0.15) is 41.4 Å². The lowest BCUT2D eigenvalue weighted by atomic mass is 9.73. The van der Waals surface area contributed by atoms with E-state index in [-0.39, 0.29) is 28.8 Å². The molecule has 0 saturated heterocycles. The number of nitrogens with one attached hydrogen (secondary N) is 2. The maximum atomic E-state index is 14.5. The van der Waals surface area contributed by atoms with Crippen LogP contribution in [-0.4, -0.2) is 17.2 Å². The minimum atomic E-state index is -1.36. The van der Waals surface area contributed by atoms with Crippen molar-refractivity contribution in [2.45, 2.75) is 26.3 Å². The molecular weight excluding hydrogens is 411 g/mol. The summed E-state index contributed by atoms with van der Waals surface area (Å²) in [5.41, 5.74) is 2.90. The molecule has 0 saturated carbocycles. The molecule has 1 aliphatic heterocycles. The summed E-state index contributed by atoms with van der Waals surface area (Å²) in [6, 6.07) is 18.3. The lowest BCUT2D eigenvalue weighted by Gasteiger charge is -2.41. The lowest BCUT2D eigenvalue weighted by Crippen LogP contribution is -2.35. The number of hydrogen-bond donors (Lipinski definition) is 3. The number of amides is 1. The van der Waals surface area contributed by atoms with E-state index in [1.807, 2.05) is 6.07 Å². The number of benzene rings is 3. The van der Waals surface area contributed by atoms with Gasteiger partial charge in [0.15, 0.2) is 0 Å². The summed E-state index contributed by atoms with van der Waals surface area (Å²) < 4.78 is 19.3. The molecule has 0 aliphatic carbocycles. The Bertz CT molecular complexity index is 1180. The van der Waals surface area contributed by atoms with Crippen molar-refractivity contribution < 1.29 is 23.8 Å². The minimum Gasteiger partial charge on any atom is -0.449 e. The van der Waals surface area contributed by atoms with Gasteiger partial charge in [-0.05, 0) is 65.4 Å². The van der Waals surface area contributed by atoms with Gasteiger partial charge in [0.05, 0.1) is 11.7 Å². The molecule has 3 aromatic carbocycles. The number of carbonyl (C=O) groups is 2. The SMILES string of the molecule is CC1(C)Cc2cc(OC(=O)O)ccc2NC1c1ccc(F)c(NC(=O)c2ccccc2)c1. The summed E-state index contributed by atoms with van der Waals surface area (Å²) >= 11 is 0. The topological polar surface area (TPSA) is 87.7 Å². The fraction of sp³-hybridized carbons (Fsp3) is 0.200. The minimum absolute atomic E-state index is 0.116. The maximum absolute atomic E-state index is 14.5. The molecule has 7 heteroatoms. The van der Waals surface area contributed by atoms with Crippen LogP contribution in [0.4, 0.5) is 20.6 Å². The second kappa shape index (κ2) is 8.34. The quantitative estimate of drug-likeness (QED) is 0.353. The van der Waals surface area contributed by atoms with Gasteiger partial charge in [-0.3, -0.25) is 4.79 Å². The van der Waals surface area contributed by atoms with Gasteiger partial charge in [0, 0.05) is 11.3 Å². The van der Waals surface area contributed by atoms with Crippen molar-refractivity contribution in [3.8, 4) is 5.75 Å². The summed E-state index contributed by atoms with van der Waals surface area (Å²) in [5.74, 6) is -0.628. The molecule has 4 rings (SSSR count). The first-order chi connectivity index (χ1) is 15.2. The van der Waals surface area contributed by atoms with Crippen LogP contribution in [0.3, 0.4) is 0 Å². The summed E-state index contributed by atoms with van der Waals surface area (Å²) in [4.78, 5) is 23.3. The number of hydrogen-bond acceptors (Lipinski definition) is 4. The summed E-state index contributed by atoms with van der Waals surface area (Å²) in [6.07, 6.45) is -0.706. The van der Waals surface area contributed by atoms with Gasteiger partial charge >= 0.3 is 6.16 Å². The molecule has 32 heavy (non-hydrogen) atoms. The highest BCUT2D eigenvalue weighted by Gasteiger charge is 2.36. The first-order valence-electron chi connectivity index (χ1n) is 10.2. The molecule has 1 heterocycles. The Labute approximate surface area is 185 Å². The first-order valence-corrected chi connectivity index (χ1v) is 10.2. The van der Waals surface area contributed by atoms with Gasteiger partial charge in [0.2, 0.25) is 0 Å². The highest BCUT2D eigenvalue weighted by molar-refractivity contribution is 6.04. The molecule has 0 spiro atoms. The zero-order chi connectivity index (χ0) is 22.9. The number of fused-ring (bicyclic) bond motifs is 1. The van der Waals surface area contributed by atoms with E-state index in [1.54, 1.807) is 54.6 Å². The number of ether oxygens (including phenoxy) is 1. The fourth-order valence-corrected chi connectivity index (χ4v) is 4.10. The Morgan fingerprint density at radius 1 is 1.09 bits per heavy atom. The molecule has 0 bridgehead atoms. The first kappa shape index (κ1) is 21.4. The summed E-state index contributed by atoms with van der Waals surface area (Å²) in [6.45, 7) is 4.15. The molecule has 0 fully saturated rings. The van der Waals surface area contributed by atoms with Crippen LogP contribution in [0.15, 0.2) is 66.7 Å². The maximum Gasteiger partial charge on any atom is 0.511 e.